The first-order valence-corrected chi connectivity index (χ1v) is 5.84. The summed E-state index contributed by atoms with van der Waals surface area (Å²) < 4.78 is 0. The molecule has 2 nitrogen and oxygen atoms in total. The number of aromatic nitrogens is 1. The molecule has 1 atom stereocenters. The van der Waals surface area contributed by atoms with E-state index in [0.29, 0.717) is 16.6 Å². The van der Waals surface area contributed by atoms with E-state index in [0.717, 1.165) is 19.3 Å². The number of hydrogen-bond acceptors (Lipinski definition) is 2. The van der Waals surface area contributed by atoms with E-state index in [4.69, 9.17) is 11.6 Å². The topological polar surface area (TPSA) is 33.1 Å². The van der Waals surface area contributed by atoms with Gasteiger partial charge in [0.25, 0.3) is 0 Å². The van der Waals surface area contributed by atoms with Gasteiger partial charge < -0.3 is 5.11 Å². The zero-order chi connectivity index (χ0) is 11.3. The molecule has 0 aliphatic rings. The van der Waals surface area contributed by atoms with Crippen LogP contribution in [0.1, 0.15) is 44.9 Å². The zero-order valence-corrected chi connectivity index (χ0v) is 10.0. The van der Waals surface area contributed by atoms with Crippen LogP contribution in [0.2, 0.25) is 5.02 Å². The Kier molecular flexibility index (Phi) is 5.06. The van der Waals surface area contributed by atoms with Crippen molar-refractivity contribution in [1.29, 1.82) is 0 Å². The Morgan fingerprint density at radius 2 is 2.00 bits per heavy atom. The molecule has 0 aliphatic carbocycles. The van der Waals surface area contributed by atoms with E-state index in [1.165, 1.54) is 0 Å². The van der Waals surface area contributed by atoms with E-state index < -0.39 is 6.10 Å². The van der Waals surface area contributed by atoms with Crippen molar-refractivity contribution in [2.24, 2.45) is 5.92 Å². The van der Waals surface area contributed by atoms with Crippen molar-refractivity contribution in [3.05, 3.63) is 29.0 Å². The van der Waals surface area contributed by atoms with E-state index in [-0.39, 0.29) is 0 Å². The second kappa shape index (κ2) is 6.09. The second-order valence-electron chi connectivity index (χ2n) is 3.84. The molecule has 0 fully saturated rings. The predicted molar refractivity (Wildman–Crippen MR) is 62.9 cm³/mol. The number of pyridine rings is 1. The van der Waals surface area contributed by atoms with Gasteiger partial charge in [-0.3, -0.25) is 4.98 Å². The average molecular weight is 228 g/mol. The molecule has 1 heterocycles. The van der Waals surface area contributed by atoms with E-state index in [2.05, 4.69) is 18.8 Å². The lowest BCUT2D eigenvalue weighted by molar-refractivity contribution is 0.137. The van der Waals surface area contributed by atoms with Crippen LogP contribution in [0.4, 0.5) is 0 Å². The molecule has 0 aromatic carbocycles. The SMILES string of the molecule is CCC(CC)CC(O)c1ccc(Cl)cn1. The van der Waals surface area contributed by atoms with Crippen molar-refractivity contribution in [2.45, 2.75) is 39.2 Å². The molecule has 1 aromatic heterocycles. The lowest BCUT2D eigenvalue weighted by atomic mass is 9.95. The quantitative estimate of drug-likeness (QED) is 0.834. The van der Waals surface area contributed by atoms with Crippen molar-refractivity contribution in [2.75, 3.05) is 0 Å². The van der Waals surface area contributed by atoms with Gasteiger partial charge in [0, 0.05) is 6.20 Å². The van der Waals surface area contributed by atoms with Gasteiger partial charge >= 0.3 is 0 Å². The number of nitrogens with zero attached hydrogens (tertiary/aromatic N) is 1. The molecule has 1 unspecified atom stereocenters. The number of aliphatic hydroxyl groups excluding tert-OH is 1. The molecule has 0 saturated heterocycles. The van der Waals surface area contributed by atoms with Gasteiger partial charge in [-0.15, -0.1) is 0 Å². The Morgan fingerprint density at radius 3 is 2.47 bits per heavy atom. The molecule has 0 aliphatic heterocycles. The summed E-state index contributed by atoms with van der Waals surface area (Å²) in [6.07, 6.45) is 4.09. The summed E-state index contributed by atoms with van der Waals surface area (Å²) in [5.74, 6) is 0.567. The van der Waals surface area contributed by atoms with Gasteiger partial charge in [-0.1, -0.05) is 38.3 Å². The first-order chi connectivity index (χ1) is 7.17. The maximum absolute atomic E-state index is 9.94. The van der Waals surface area contributed by atoms with E-state index in [9.17, 15) is 5.11 Å². The van der Waals surface area contributed by atoms with Crippen molar-refractivity contribution in [3.8, 4) is 0 Å². The Balaban J connectivity index is 2.60. The maximum Gasteiger partial charge on any atom is 0.0962 e. The molecule has 84 valence electrons. The molecule has 3 heteroatoms. The number of halogens is 1. The van der Waals surface area contributed by atoms with Gasteiger partial charge in [0.2, 0.25) is 0 Å². The van der Waals surface area contributed by atoms with Crippen molar-refractivity contribution in [1.82, 2.24) is 4.98 Å². The van der Waals surface area contributed by atoms with Crippen LogP contribution >= 0.6 is 11.6 Å². The lowest BCUT2D eigenvalue weighted by Crippen LogP contribution is -2.07. The standard InChI is InChI=1S/C12H18ClNO/c1-3-9(4-2)7-12(15)11-6-5-10(13)8-14-11/h5-6,8-9,12,15H,3-4,7H2,1-2H3. The molecule has 0 spiro atoms. The Bertz CT molecular complexity index is 282. The summed E-state index contributed by atoms with van der Waals surface area (Å²) in [5, 5.41) is 10.5. The number of rotatable bonds is 5. The summed E-state index contributed by atoms with van der Waals surface area (Å²) in [7, 11) is 0. The second-order valence-corrected chi connectivity index (χ2v) is 4.27. The van der Waals surface area contributed by atoms with Crippen molar-refractivity contribution < 1.29 is 5.11 Å². The third-order valence-electron chi connectivity index (χ3n) is 2.80. The van der Waals surface area contributed by atoms with Crippen molar-refractivity contribution in [3.63, 3.8) is 0 Å². The summed E-state index contributed by atoms with van der Waals surface area (Å²) in [5.41, 5.74) is 0.714. The molecule has 0 amide bonds. The van der Waals surface area contributed by atoms with Crippen LogP contribution < -0.4 is 0 Å². The smallest absolute Gasteiger partial charge is 0.0962 e. The summed E-state index contributed by atoms with van der Waals surface area (Å²) in [4.78, 5) is 4.12. The number of hydrogen-bond donors (Lipinski definition) is 1. The van der Waals surface area contributed by atoms with Crippen LogP contribution in [0.15, 0.2) is 18.3 Å². The van der Waals surface area contributed by atoms with Crippen molar-refractivity contribution >= 4 is 11.6 Å². The van der Waals surface area contributed by atoms with Crippen LogP contribution in [0.25, 0.3) is 0 Å². The molecule has 0 bridgehead atoms. The minimum atomic E-state index is -0.466. The van der Waals surface area contributed by atoms with Gasteiger partial charge in [-0.25, -0.2) is 0 Å². The fraction of sp³-hybridized carbons (Fsp3) is 0.583. The van der Waals surface area contributed by atoms with Crippen LogP contribution in [-0.4, -0.2) is 10.1 Å². The fourth-order valence-corrected chi connectivity index (χ4v) is 1.75. The fourth-order valence-electron chi connectivity index (χ4n) is 1.64. The monoisotopic (exact) mass is 227 g/mol. The van der Waals surface area contributed by atoms with E-state index >= 15 is 0 Å². The highest BCUT2D eigenvalue weighted by atomic mass is 35.5. The highest BCUT2D eigenvalue weighted by Crippen LogP contribution is 2.24. The molecular formula is C12H18ClNO. The molecular weight excluding hydrogens is 210 g/mol. The largest absolute Gasteiger partial charge is 0.387 e. The molecule has 15 heavy (non-hydrogen) atoms. The summed E-state index contributed by atoms with van der Waals surface area (Å²) in [6.45, 7) is 4.30. The molecule has 1 rings (SSSR count). The third kappa shape index (κ3) is 3.80. The van der Waals surface area contributed by atoms with Crippen LogP contribution in [0.3, 0.4) is 0 Å². The average Bonchev–Trinajstić information content (AvgIpc) is 2.26. The lowest BCUT2D eigenvalue weighted by Gasteiger charge is -2.16. The van der Waals surface area contributed by atoms with Gasteiger partial charge in [-0.05, 0) is 24.5 Å². The summed E-state index contributed by atoms with van der Waals surface area (Å²) in [6, 6.07) is 3.55. The first kappa shape index (κ1) is 12.5. The van der Waals surface area contributed by atoms with Gasteiger partial charge in [0.15, 0.2) is 0 Å². The van der Waals surface area contributed by atoms with Crippen LogP contribution in [0.5, 0.6) is 0 Å². The Labute approximate surface area is 96.3 Å². The minimum Gasteiger partial charge on any atom is -0.387 e. The molecule has 1 aromatic rings. The normalized spacial score (nSPS) is 13.1. The zero-order valence-electron chi connectivity index (χ0n) is 9.28. The van der Waals surface area contributed by atoms with Gasteiger partial charge in [0.1, 0.15) is 0 Å². The third-order valence-corrected chi connectivity index (χ3v) is 3.03. The Morgan fingerprint density at radius 1 is 1.33 bits per heavy atom. The number of aliphatic hydroxyl groups is 1. The van der Waals surface area contributed by atoms with Crippen LogP contribution in [0, 0.1) is 5.92 Å². The highest BCUT2D eigenvalue weighted by Gasteiger charge is 2.14. The minimum absolute atomic E-state index is 0.466. The van der Waals surface area contributed by atoms with Gasteiger partial charge in [-0.2, -0.15) is 0 Å². The molecule has 0 radical (unpaired) electrons. The summed E-state index contributed by atoms with van der Waals surface area (Å²) >= 11 is 5.73. The van der Waals surface area contributed by atoms with Gasteiger partial charge in [0.05, 0.1) is 16.8 Å². The van der Waals surface area contributed by atoms with Crippen LogP contribution in [-0.2, 0) is 0 Å². The molecule has 1 N–H and O–H groups in total. The molecule has 0 saturated carbocycles. The van der Waals surface area contributed by atoms with E-state index in [1.807, 2.05) is 0 Å². The Hall–Kier alpha value is -0.600. The maximum atomic E-state index is 9.94. The van der Waals surface area contributed by atoms with E-state index in [1.54, 1.807) is 18.3 Å². The highest BCUT2D eigenvalue weighted by molar-refractivity contribution is 6.30. The first-order valence-electron chi connectivity index (χ1n) is 5.46. The predicted octanol–water partition coefficient (Wildman–Crippen LogP) is 3.59.